The van der Waals surface area contributed by atoms with Gasteiger partial charge in [0, 0.05) is 11.3 Å². The van der Waals surface area contributed by atoms with Crippen LogP contribution in [0.5, 0.6) is 5.75 Å². The first-order valence-corrected chi connectivity index (χ1v) is 8.84. The summed E-state index contributed by atoms with van der Waals surface area (Å²) in [6, 6.07) is 16.8. The molecule has 4 rings (SSSR count). The number of ether oxygens (including phenoxy) is 2. The molecule has 1 aliphatic heterocycles. The molecular weight excluding hydrogens is 356 g/mol. The zero-order chi connectivity index (χ0) is 19.7. The molecule has 1 aliphatic rings. The highest BCUT2D eigenvalue weighted by molar-refractivity contribution is 5.92. The van der Waals surface area contributed by atoms with Gasteiger partial charge in [-0.3, -0.25) is 0 Å². The smallest absolute Gasteiger partial charge is 0.338 e. The third-order valence-corrected chi connectivity index (χ3v) is 4.72. The van der Waals surface area contributed by atoms with Crippen molar-refractivity contribution in [2.75, 3.05) is 19.5 Å². The lowest BCUT2D eigenvalue weighted by molar-refractivity contribution is -0.136. The third-order valence-electron chi connectivity index (χ3n) is 4.72. The van der Waals surface area contributed by atoms with Crippen LogP contribution in [0, 0.1) is 0 Å². The van der Waals surface area contributed by atoms with Crippen LogP contribution in [0.25, 0.3) is 11.4 Å². The van der Waals surface area contributed by atoms with Crippen LogP contribution in [0.1, 0.15) is 18.5 Å². The Labute approximate surface area is 162 Å². The molecular formula is C21H20N4O3. The number of carbonyl (C=O) groups is 1. The highest BCUT2D eigenvalue weighted by Gasteiger charge is 2.35. The van der Waals surface area contributed by atoms with Crippen molar-refractivity contribution in [1.82, 2.24) is 14.8 Å². The van der Waals surface area contributed by atoms with Crippen LogP contribution in [0.3, 0.4) is 0 Å². The summed E-state index contributed by atoms with van der Waals surface area (Å²) in [5, 5.41) is 7.87. The minimum Gasteiger partial charge on any atom is -0.497 e. The minimum atomic E-state index is -0.459. The molecule has 1 aromatic heterocycles. The van der Waals surface area contributed by atoms with Crippen LogP contribution >= 0.6 is 0 Å². The first-order chi connectivity index (χ1) is 13.6. The Kier molecular flexibility index (Phi) is 4.57. The molecule has 0 spiro atoms. The van der Waals surface area contributed by atoms with Gasteiger partial charge in [-0.2, -0.15) is 4.98 Å². The fraction of sp³-hybridized carbons (Fsp3) is 0.190. The summed E-state index contributed by atoms with van der Waals surface area (Å²) in [4.78, 5) is 17.2. The van der Waals surface area contributed by atoms with Crippen LogP contribution in [0.15, 0.2) is 65.9 Å². The second-order valence-electron chi connectivity index (χ2n) is 6.40. The monoisotopic (exact) mass is 376 g/mol. The number of methoxy groups -OCH3 is 2. The normalized spacial score (nSPS) is 15.6. The second kappa shape index (κ2) is 7.19. The summed E-state index contributed by atoms with van der Waals surface area (Å²) in [5.41, 5.74) is 2.96. The molecule has 3 aromatic rings. The molecule has 0 aliphatic carbocycles. The van der Waals surface area contributed by atoms with Crippen molar-refractivity contribution in [3.05, 3.63) is 71.4 Å². The molecule has 7 heteroatoms. The number of nitrogens with one attached hydrogen (secondary N) is 1. The summed E-state index contributed by atoms with van der Waals surface area (Å²) in [7, 11) is 2.99. The molecule has 1 unspecified atom stereocenters. The molecule has 1 atom stereocenters. The van der Waals surface area contributed by atoms with Crippen molar-refractivity contribution in [1.29, 1.82) is 0 Å². The zero-order valence-corrected chi connectivity index (χ0v) is 15.8. The Hall–Kier alpha value is -3.61. The SMILES string of the molecule is COC(=O)C1=C(C)Nc2nc(-c3ccccc3)nn2C1c1ccc(OC)cc1. The van der Waals surface area contributed by atoms with E-state index >= 15 is 0 Å². The molecule has 0 saturated heterocycles. The van der Waals surface area contributed by atoms with Crippen LogP contribution in [0.4, 0.5) is 5.95 Å². The van der Waals surface area contributed by atoms with Gasteiger partial charge in [-0.15, -0.1) is 5.10 Å². The van der Waals surface area contributed by atoms with E-state index in [1.165, 1.54) is 7.11 Å². The first kappa shape index (κ1) is 17.8. The van der Waals surface area contributed by atoms with E-state index in [1.54, 1.807) is 11.8 Å². The number of esters is 1. The van der Waals surface area contributed by atoms with Crippen LogP contribution < -0.4 is 10.1 Å². The van der Waals surface area contributed by atoms with Gasteiger partial charge in [0.25, 0.3) is 0 Å². The van der Waals surface area contributed by atoms with Crippen molar-refractivity contribution in [3.8, 4) is 17.1 Å². The van der Waals surface area contributed by atoms with E-state index in [0.717, 1.165) is 16.9 Å². The van der Waals surface area contributed by atoms with Gasteiger partial charge in [0.15, 0.2) is 5.82 Å². The molecule has 2 aromatic carbocycles. The number of aromatic nitrogens is 3. The third kappa shape index (κ3) is 3.00. The molecule has 1 N–H and O–H groups in total. The van der Waals surface area contributed by atoms with Gasteiger partial charge in [0.2, 0.25) is 5.95 Å². The highest BCUT2D eigenvalue weighted by Crippen LogP contribution is 2.37. The van der Waals surface area contributed by atoms with E-state index in [0.29, 0.717) is 23.0 Å². The van der Waals surface area contributed by atoms with Crippen molar-refractivity contribution < 1.29 is 14.3 Å². The zero-order valence-electron chi connectivity index (χ0n) is 15.8. The number of nitrogens with zero attached hydrogens (tertiary/aromatic N) is 3. The van der Waals surface area contributed by atoms with E-state index in [4.69, 9.17) is 14.6 Å². The molecule has 0 bridgehead atoms. The number of hydrogen-bond acceptors (Lipinski definition) is 6. The number of allylic oxidation sites excluding steroid dienone is 1. The Bertz CT molecular complexity index is 1040. The number of rotatable bonds is 4. The van der Waals surface area contributed by atoms with Gasteiger partial charge in [-0.1, -0.05) is 42.5 Å². The van der Waals surface area contributed by atoms with Crippen molar-refractivity contribution >= 4 is 11.9 Å². The number of benzene rings is 2. The summed E-state index contributed by atoms with van der Waals surface area (Å²) >= 11 is 0. The number of fused-ring (bicyclic) bond motifs is 1. The molecule has 28 heavy (non-hydrogen) atoms. The van der Waals surface area contributed by atoms with E-state index in [2.05, 4.69) is 10.3 Å². The van der Waals surface area contributed by atoms with Crippen LogP contribution in [-0.4, -0.2) is 35.0 Å². The van der Waals surface area contributed by atoms with Crippen molar-refractivity contribution in [2.45, 2.75) is 13.0 Å². The molecule has 7 nitrogen and oxygen atoms in total. The van der Waals surface area contributed by atoms with E-state index < -0.39 is 12.0 Å². The fourth-order valence-corrected chi connectivity index (χ4v) is 3.33. The Morgan fingerprint density at radius 3 is 2.43 bits per heavy atom. The Morgan fingerprint density at radius 1 is 1.07 bits per heavy atom. The van der Waals surface area contributed by atoms with Gasteiger partial charge in [-0.05, 0) is 24.6 Å². The summed E-state index contributed by atoms with van der Waals surface area (Å²) in [6.07, 6.45) is 0. The Balaban J connectivity index is 1.86. The second-order valence-corrected chi connectivity index (χ2v) is 6.40. The number of hydrogen-bond donors (Lipinski definition) is 1. The first-order valence-electron chi connectivity index (χ1n) is 8.84. The average Bonchev–Trinajstić information content (AvgIpc) is 3.16. The van der Waals surface area contributed by atoms with E-state index in [1.807, 2.05) is 61.5 Å². The summed E-state index contributed by atoms with van der Waals surface area (Å²) in [6.45, 7) is 1.84. The van der Waals surface area contributed by atoms with E-state index in [9.17, 15) is 4.79 Å². The number of carbonyl (C=O) groups excluding carboxylic acids is 1. The minimum absolute atomic E-state index is 0.409. The van der Waals surface area contributed by atoms with Gasteiger partial charge in [0.05, 0.1) is 19.8 Å². The molecule has 0 amide bonds. The quantitative estimate of drug-likeness (QED) is 0.703. The largest absolute Gasteiger partial charge is 0.497 e. The molecule has 0 fully saturated rings. The number of anilines is 1. The lowest BCUT2D eigenvalue weighted by atomic mass is 9.96. The average molecular weight is 376 g/mol. The maximum absolute atomic E-state index is 12.6. The summed E-state index contributed by atoms with van der Waals surface area (Å²) in [5.74, 6) is 1.49. The predicted octanol–water partition coefficient (Wildman–Crippen LogP) is 3.42. The highest BCUT2D eigenvalue weighted by atomic mass is 16.5. The maximum Gasteiger partial charge on any atom is 0.338 e. The molecule has 0 radical (unpaired) electrons. The van der Waals surface area contributed by atoms with Gasteiger partial charge in [-0.25, -0.2) is 9.48 Å². The lowest BCUT2D eigenvalue weighted by Crippen LogP contribution is -2.29. The predicted molar refractivity (Wildman–Crippen MR) is 105 cm³/mol. The Morgan fingerprint density at radius 2 is 1.79 bits per heavy atom. The lowest BCUT2D eigenvalue weighted by Gasteiger charge is -2.27. The van der Waals surface area contributed by atoms with Crippen LogP contribution in [0.2, 0.25) is 0 Å². The van der Waals surface area contributed by atoms with Crippen molar-refractivity contribution in [3.63, 3.8) is 0 Å². The summed E-state index contributed by atoms with van der Waals surface area (Å²) < 4.78 is 12.0. The maximum atomic E-state index is 12.6. The fourth-order valence-electron chi connectivity index (χ4n) is 3.33. The van der Waals surface area contributed by atoms with Gasteiger partial charge in [0.1, 0.15) is 11.8 Å². The standard InChI is InChI=1S/C21H20N4O3/c1-13-17(20(26)28-3)18(14-9-11-16(27-2)12-10-14)25-21(22-13)23-19(24-25)15-7-5-4-6-8-15/h4-12,18H,1-3H3,(H,22,23,24). The van der Waals surface area contributed by atoms with Gasteiger partial charge < -0.3 is 14.8 Å². The molecule has 0 saturated carbocycles. The van der Waals surface area contributed by atoms with E-state index in [-0.39, 0.29) is 0 Å². The van der Waals surface area contributed by atoms with Gasteiger partial charge >= 0.3 is 5.97 Å². The topological polar surface area (TPSA) is 78.3 Å². The van der Waals surface area contributed by atoms with Crippen LogP contribution in [-0.2, 0) is 9.53 Å². The molecule has 142 valence electrons. The van der Waals surface area contributed by atoms with Crippen molar-refractivity contribution in [2.24, 2.45) is 0 Å². The molecule has 2 heterocycles.